The monoisotopic (exact) mass is 241 g/mol. The maximum absolute atomic E-state index is 6.13. The summed E-state index contributed by atoms with van der Waals surface area (Å²) in [4.78, 5) is 0. The van der Waals surface area contributed by atoms with Crippen LogP contribution in [0.15, 0.2) is 18.2 Å². The lowest BCUT2D eigenvalue weighted by Gasteiger charge is -2.12. The third kappa shape index (κ3) is 2.89. The van der Waals surface area contributed by atoms with E-state index in [9.17, 15) is 0 Å². The Morgan fingerprint density at radius 2 is 2.25 bits per heavy atom. The first-order valence-electron chi connectivity index (χ1n) is 5.82. The molecule has 0 fully saturated rings. The van der Waals surface area contributed by atoms with Crippen LogP contribution in [0.1, 0.15) is 43.4 Å². The molecule has 1 unspecified atom stereocenters. The van der Waals surface area contributed by atoms with E-state index in [1.807, 2.05) is 0 Å². The largest absolute Gasteiger partial charge is 0.493 e. The van der Waals surface area contributed by atoms with Crippen LogP contribution in [0.25, 0.3) is 0 Å². The van der Waals surface area contributed by atoms with Crippen molar-refractivity contribution in [3.05, 3.63) is 29.3 Å². The van der Waals surface area contributed by atoms with Crippen molar-refractivity contribution in [3.63, 3.8) is 0 Å². The van der Waals surface area contributed by atoms with Crippen LogP contribution >= 0.6 is 12.4 Å². The number of unbranched alkanes of at least 4 members (excludes halogenated alkanes) is 1. The number of nitrogens with two attached hydrogens (primary N) is 1. The molecule has 3 heteroatoms. The van der Waals surface area contributed by atoms with Gasteiger partial charge in [-0.25, -0.2) is 0 Å². The van der Waals surface area contributed by atoms with E-state index in [-0.39, 0.29) is 18.4 Å². The van der Waals surface area contributed by atoms with Crippen LogP contribution < -0.4 is 10.5 Å². The van der Waals surface area contributed by atoms with E-state index in [0.29, 0.717) is 0 Å². The quantitative estimate of drug-likeness (QED) is 0.879. The molecule has 0 bridgehead atoms. The van der Waals surface area contributed by atoms with Gasteiger partial charge in [-0.15, -0.1) is 12.4 Å². The van der Waals surface area contributed by atoms with Crippen LogP contribution in [-0.4, -0.2) is 6.61 Å². The van der Waals surface area contributed by atoms with Crippen molar-refractivity contribution < 1.29 is 4.74 Å². The highest BCUT2D eigenvalue weighted by molar-refractivity contribution is 5.85. The van der Waals surface area contributed by atoms with E-state index in [1.54, 1.807) is 0 Å². The number of hydrogen-bond donors (Lipinski definition) is 1. The lowest BCUT2D eigenvalue weighted by atomic mass is 9.99. The Hall–Kier alpha value is -0.730. The first-order chi connectivity index (χ1) is 7.31. The highest BCUT2D eigenvalue weighted by Gasteiger charge is 2.14. The first kappa shape index (κ1) is 13.3. The van der Waals surface area contributed by atoms with Crippen LogP contribution in [0, 0.1) is 0 Å². The zero-order valence-corrected chi connectivity index (χ0v) is 10.6. The molecule has 2 N–H and O–H groups in total. The molecule has 0 saturated carbocycles. The molecule has 1 aromatic carbocycles. The Kier molecular flexibility index (Phi) is 5.10. The molecule has 0 amide bonds. The van der Waals surface area contributed by atoms with Crippen molar-refractivity contribution in [2.75, 3.05) is 6.61 Å². The first-order valence-corrected chi connectivity index (χ1v) is 5.82. The molecule has 0 aliphatic carbocycles. The number of benzene rings is 1. The second-order valence-electron chi connectivity index (χ2n) is 4.21. The summed E-state index contributed by atoms with van der Waals surface area (Å²) >= 11 is 0. The molecule has 0 saturated heterocycles. The number of fused-ring (bicyclic) bond motifs is 1. The molecular weight excluding hydrogens is 222 g/mol. The molecule has 1 heterocycles. The van der Waals surface area contributed by atoms with Crippen LogP contribution in [0.3, 0.4) is 0 Å². The van der Waals surface area contributed by atoms with Crippen molar-refractivity contribution in [2.45, 2.75) is 38.6 Å². The Labute approximate surface area is 104 Å². The van der Waals surface area contributed by atoms with Crippen LogP contribution in [0.5, 0.6) is 5.75 Å². The lowest BCUT2D eigenvalue weighted by Crippen LogP contribution is -2.10. The fraction of sp³-hybridized carbons (Fsp3) is 0.538. The molecule has 2 nitrogen and oxygen atoms in total. The van der Waals surface area contributed by atoms with Gasteiger partial charge in [0.15, 0.2) is 0 Å². The minimum Gasteiger partial charge on any atom is -0.493 e. The van der Waals surface area contributed by atoms with Crippen molar-refractivity contribution in [1.29, 1.82) is 0 Å². The second-order valence-corrected chi connectivity index (χ2v) is 4.21. The maximum Gasteiger partial charge on any atom is 0.122 e. The van der Waals surface area contributed by atoms with E-state index in [2.05, 4.69) is 25.1 Å². The Morgan fingerprint density at radius 3 is 3.00 bits per heavy atom. The number of rotatable bonds is 4. The fourth-order valence-electron chi connectivity index (χ4n) is 2.03. The third-order valence-electron chi connectivity index (χ3n) is 3.01. The molecule has 2 rings (SSSR count). The SMILES string of the molecule is CCCCC(N)c1ccc2c(c1)CCO2.Cl. The highest BCUT2D eigenvalue weighted by Crippen LogP contribution is 2.28. The highest BCUT2D eigenvalue weighted by atomic mass is 35.5. The van der Waals surface area contributed by atoms with Gasteiger partial charge in [0.1, 0.15) is 5.75 Å². The summed E-state index contributed by atoms with van der Waals surface area (Å²) in [5, 5.41) is 0. The number of halogens is 1. The van der Waals surface area contributed by atoms with Gasteiger partial charge in [0.05, 0.1) is 6.61 Å². The predicted molar refractivity (Wildman–Crippen MR) is 69.3 cm³/mol. The summed E-state index contributed by atoms with van der Waals surface area (Å²) in [6.07, 6.45) is 4.52. The smallest absolute Gasteiger partial charge is 0.122 e. The average Bonchev–Trinajstić information content (AvgIpc) is 2.72. The normalized spacial score (nSPS) is 14.9. The van der Waals surface area contributed by atoms with Crippen LogP contribution in [0.2, 0.25) is 0 Å². The van der Waals surface area contributed by atoms with Gasteiger partial charge < -0.3 is 10.5 Å². The minimum atomic E-state index is 0. The zero-order valence-electron chi connectivity index (χ0n) is 9.74. The number of ether oxygens (including phenoxy) is 1. The van der Waals surface area contributed by atoms with Gasteiger partial charge in [-0.2, -0.15) is 0 Å². The zero-order chi connectivity index (χ0) is 10.7. The van der Waals surface area contributed by atoms with Gasteiger partial charge in [0.2, 0.25) is 0 Å². The van der Waals surface area contributed by atoms with E-state index < -0.39 is 0 Å². The molecule has 16 heavy (non-hydrogen) atoms. The minimum absolute atomic E-state index is 0. The molecule has 0 aromatic heterocycles. The molecular formula is C13H20ClNO. The second kappa shape index (κ2) is 6.12. The van der Waals surface area contributed by atoms with Crippen molar-refractivity contribution in [1.82, 2.24) is 0 Å². The maximum atomic E-state index is 6.13. The van der Waals surface area contributed by atoms with Crippen molar-refractivity contribution in [2.24, 2.45) is 5.73 Å². The molecule has 1 atom stereocenters. The standard InChI is InChI=1S/C13H19NO.ClH/c1-2-3-4-12(14)10-5-6-13-11(9-10)7-8-15-13;/h5-6,9,12H,2-4,7-8,14H2,1H3;1H. The summed E-state index contributed by atoms with van der Waals surface area (Å²) in [5.41, 5.74) is 8.71. The molecule has 1 aliphatic heterocycles. The molecule has 90 valence electrons. The molecule has 1 aliphatic rings. The lowest BCUT2D eigenvalue weighted by molar-refractivity contribution is 0.357. The Bertz CT molecular complexity index is 341. The van der Waals surface area contributed by atoms with Crippen molar-refractivity contribution >= 4 is 12.4 Å². The van der Waals surface area contributed by atoms with Gasteiger partial charge in [-0.05, 0) is 23.6 Å². The fourth-order valence-corrected chi connectivity index (χ4v) is 2.03. The topological polar surface area (TPSA) is 35.2 Å². The van der Waals surface area contributed by atoms with Gasteiger partial charge in [0, 0.05) is 12.5 Å². The van der Waals surface area contributed by atoms with E-state index >= 15 is 0 Å². The average molecular weight is 242 g/mol. The summed E-state index contributed by atoms with van der Waals surface area (Å²) in [6, 6.07) is 6.56. The van der Waals surface area contributed by atoms with Crippen LogP contribution in [0.4, 0.5) is 0 Å². The third-order valence-corrected chi connectivity index (χ3v) is 3.01. The molecule has 1 aromatic rings. The summed E-state index contributed by atoms with van der Waals surface area (Å²) in [7, 11) is 0. The number of hydrogen-bond acceptors (Lipinski definition) is 2. The van der Waals surface area contributed by atoms with Gasteiger partial charge in [-0.3, -0.25) is 0 Å². The molecule has 0 radical (unpaired) electrons. The van der Waals surface area contributed by atoms with Crippen molar-refractivity contribution in [3.8, 4) is 5.75 Å². The van der Waals surface area contributed by atoms with E-state index in [4.69, 9.17) is 10.5 Å². The Balaban J connectivity index is 0.00000128. The Morgan fingerprint density at radius 1 is 1.44 bits per heavy atom. The van der Waals surface area contributed by atoms with Gasteiger partial charge >= 0.3 is 0 Å². The van der Waals surface area contributed by atoms with Gasteiger partial charge in [0.25, 0.3) is 0 Å². The summed E-state index contributed by atoms with van der Waals surface area (Å²) in [5.74, 6) is 1.04. The van der Waals surface area contributed by atoms with Gasteiger partial charge in [-0.1, -0.05) is 31.9 Å². The van der Waals surface area contributed by atoms with E-state index in [1.165, 1.54) is 24.0 Å². The van der Waals surface area contributed by atoms with E-state index in [0.717, 1.165) is 25.2 Å². The van der Waals surface area contributed by atoms with Crippen LogP contribution in [-0.2, 0) is 6.42 Å². The summed E-state index contributed by atoms with van der Waals surface area (Å²) in [6.45, 7) is 3.02. The predicted octanol–water partition coefficient (Wildman–Crippen LogP) is 3.23. The summed E-state index contributed by atoms with van der Waals surface area (Å²) < 4.78 is 5.47. The molecule has 0 spiro atoms.